The van der Waals surface area contributed by atoms with Crippen molar-refractivity contribution in [3.8, 4) is 5.75 Å². The molecule has 3 atom stereocenters. The molecule has 1 unspecified atom stereocenters. The Kier molecular flexibility index (Phi) is 4.63. The predicted octanol–water partition coefficient (Wildman–Crippen LogP) is 1.81. The van der Waals surface area contributed by atoms with Gasteiger partial charge < -0.3 is 24.7 Å². The van der Waals surface area contributed by atoms with E-state index in [2.05, 4.69) is 0 Å². The van der Waals surface area contributed by atoms with Gasteiger partial charge in [-0.15, -0.1) is 10.0 Å². The highest BCUT2D eigenvalue weighted by Crippen LogP contribution is 2.74. The Morgan fingerprint density at radius 1 is 1.33 bits per heavy atom. The van der Waals surface area contributed by atoms with Crippen LogP contribution in [-0.2, 0) is 9.59 Å². The van der Waals surface area contributed by atoms with E-state index in [1.807, 2.05) is 0 Å². The van der Waals surface area contributed by atoms with Crippen LogP contribution in [0, 0.1) is 0 Å². The summed E-state index contributed by atoms with van der Waals surface area (Å²) in [6, 6.07) is 5.76. The van der Waals surface area contributed by atoms with E-state index in [1.165, 1.54) is 9.80 Å². The molecule has 1 aromatic carbocycles. The number of rotatable bonds is 4. The van der Waals surface area contributed by atoms with Crippen LogP contribution < -0.4 is 9.64 Å². The van der Waals surface area contributed by atoms with Crippen LogP contribution in [0.5, 0.6) is 5.75 Å². The van der Waals surface area contributed by atoms with Crippen molar-refractivity contribution in [1.29, 1.82) is 0 Å². The molecule has 2 amide bonds. The zero-order valence-electron chi connectivity index (χ0n) is 15.7. The van der Waals surface area contributed by atoms with Gasteiger partial charge in [-0.3, -0.25) is 9.59 Å². The molecule has 27 heavy (non-hydrogen) atoms. The number of benzene rings is 1. The Morgan fingerprint density at radius 3 is 2.33 bits per heavy atom. The molecule has 2 heterocycles. The minimum Gasteiger partial charge on any atom is -0.497 e. The number of ether oxygens (including phenoxy) is 1. The summed E-state index contributed by atoms with van der Waals surface area (Å²) in [5.74, 6) is -1.26. The molecule has 3 rings (SSSR count). The number of anilines is 1. The number of aliphatic hydroxyl groups excluding tert-OH is 1. The molecule has 2 aliphatic rings. The van der Waals surface area contributed by atoms with Crippen molar-refractivity contribution in [3.05, 3.63) is 24.3 Å². The number of fused-ring (bicyclic) bond motifs is 1. The summed E-state index contributed by atoms with van der Waals surface area (Å²) < 4.78 is 4.06. The van der Waals surface area contributed by atoms with Gasteiger partial charge in [0.05, 0.1) is 24.8 Å². The molecular weight excluding hydrogens is 372 g/mol. The molecule has 0 bridgehead atoms. The van der Waals surface area contributed by atoms with Crippen LogP contribution in [-0.4, -0.2) is 68.5 Å². The maximum atomic E-state index is 13.6. The highest BCUT2D eigenvalue weighted by Gasteiger charge is 2.71. The number of carboxylic acids is 1. The van der Waals surface area contributed by atoms with E-state index in [0.717, 1.165) is 0 Å². The lowest BCUT2D eigenvalue weighted by Crippen LogP contribution is -2.57. The summed E-state index contributed by atoms with van der Waals surface area (Å²) in [7, 11) is 0.595. The molecule has 0 aromatic heterocycles. The first-order chi connectivity index (χ1) is 12.6. The van der Waals surface area contributed by atoms with Crippen LogP contribution in [0.15, 0.2) is 24.3 Å². The van der Waals surface area contributed by atoms with E-state index in [0.29, 0.717) is 11.4 Å². The molecule has 1 aromatic rings. The van der Waals surface area contributed by atoms with Gasteiger partial charge in [-0.2, -0.15) is 0 Å². The number of amides is 2. The number of nitrogens with zero attached hydrogens (tertiary/aromatic N) is 2. The second-order valence-corrected chi connectivity index (χ2v) is 11.0. The first kappa shape index (κ1) is 19.5. The van der Waals surface area contributed by atoms with Crippen molar-refractivity contribution >= 4 is 32.8 Å². The molecule has 2 fully saturated rings. The van der Waals surface area contributed by atoms with Crippen LogP contribution in [0.25, 0.3) is 0 Å². The van der Waals surface area contributed by atoms with Crippen molar-refractivity contribution in [2.75, 3.05) is 25.0 Å². The Morgan fingerprint density at radius 2 is 1.93 bits per heavy atom. The minimum absolute atomic E-state index is 0.0886. The van der Waals surface area contributed by atoms with Crippen molar-refractivity contribution in [1.82, 2.24) is 4.90 Å². The molecule has 2 N–H and O–H groups in total. The molecule has 2 saturated heterocycles. The van der Waals surface area contributed by atoms with Crippen molar-refractivity contribution < 1.29 is 29.3 Å². The second kappa shape index (κ2) is 6.42. The van der Waals surface area contributed by atoms with Gasteiger partial charge in [-0.1, -0.05) is 0 Å². The lowest BCUT2D eigenvalue weighted by Gasteiger charge is -2.50. The third-order valence-corrected chi connectivity index (χ3v) is 10.5. The van der Waals surface area contributed by atoms with Gasteiger partial charge in [0.25, 0.3) is 5.24 Å². The number of methoxy groups -OCH3 is 1. The lowest BCUT2D eigenvalue weighted by molar-refractivity contribution is -0.157. The van der Waals surface area contributed by atoms with E-state index in [4.69, 9.17) is 4.74 Å². The van der Waals surface area contributed by atoms with Crippen LogP contribution >= 0.6 is 10.0 Å². The fourth-order valence-corrected chi connectivity index (χ4v) is 8.41. The molecule has 0 saturated carbocycles. The highest BCUT2D eigenvalue weighted by atomic mass is 32.3. The average Bonchev–Trinajstić information content (AvgIpc) is 2.81. The molecular formula is C18H24N2O6S. The van der Waals surface area contributed by atoms with Gasteiger partial charge in [0.1, 0.15) is 11.8 Å². The summed E-state index contributed by atoms with van der Waals surface area (Å²) in [5.41, 5.74) is 0.605. The van der Waals surface area contributed by atoms with E-state index >= 15 is 0 Å². The second-order valence-electron chi connectivity index (χ2n) is 7.25. The minimum atomic E-state index is -2.55. The van der Waals surface area contributed by atoms with Crippen LogP contribution in [0.3, 0.4) is 0 Å². The smallest absolute Gasteiger partial charge is 0.327 e. The third-order valence-electron chi connectivity index (χ3n) is 5.77. The molecule has 0 spiro atoms. The normalized spacial score (nSPS) is 30.7. The number of hydrogen-bond donors (Lipinski definition) is 2. The fourth-order valence-electron chi connectivity index (χ4n) is 4.15. The molecule has 8 nitrogen and oxygen atoms in total. The summed E-state index contributed by atoms with van der Waals surface area (Å²) in [4.78, 5) is 40.3. The Balaban J connectivity index is 2.04. The average molecular weight is 396 g/mol. The number of aliphatic carboxylic acids is 1. The summed E-state index contributed by atoms with van der Waals surface area (Å²) in [6.45, 7) is 3.34. The van der Waals surface area contributed by atoms with E-state index in [9.17, 15) is 24.6 Å². The number of carboxylic acid groups (broad SMARTS) is 1. The van der Waals surface area contributed by atoms with Gasteiger partial charge in [-0.05, 0) is 38.1 Å². The van der Waals surface area contributed by atoms with Gasteiger partial charge >= 0.3 is 5.97 Å². The van der Waals surface area contributed by atoms with Crippen molar-refractivity contribution in [3.63, 3.8) is 0 Å². The molecule has 0 radical (unpaired) electrons. The molecule has 2 aliphatic heterocycles. The molecule has 148 valence electrons. The number of carbonyl (C=O) groups excluding carboxylic acids is 2. The molecule has 9 heteroatoms. The van der Waals surface area contributed by atoms with E-state index in [-0.39, 0.29) is 17.6 Å². The van der Waals surface area contributed by atoms with Gasteiger partial charge in [0, 0.05) is 17.5 Å². The van der Waals surface area contributed by atoms with Crippen molar-refractivity contribution in [2.24, 2.45) is 0 Å². The molecule has 0 aliphatic carbocycles. The van der Waals surface area contributed by atoms with Crippen LogP contribution in [0.4, 0.5) is 10.5 Å². The monoisotopic (exact) mass is 396 g/mol. The van der Waals surface area contributed by atoms with E-state index < -0.39 is 38.1 Å². The number of hydrogen-bond acceptors (Lipinski definition) is 5. The maximum Gasteiger partial charge on any atom is 0.327 e. The largest absolute Gasteiger partial charge is 0.497 e. The van der Waals surface area contributed by atoms with Crippen LogP contribution in [0.1, 0.15) is 20.3 Å². The summed E-state index contributed by atoms with van der Waals surface area (Å²) in [6.07, 6.45) is 0.0886. The summed E-state index contributed by atoms with van der Waals surface area (Å²) in [5, 5.41) is 19.2. The van der Waals surface area contributed by atoms with Gasteiger partial charge in [0.15, 0.2) is 0 Å². The first-order valence-electron chi connectivity index (χ1n) is 8.49. The topological polar surface area (TPSA) is 107 Å². The zero-order valence-corrected chi connectivity index (χ0v) is 16.5. The standard InChI is InChI=1S/C18H24N2O6S/c1-18(2)15(16(23)24)20-13(22)9-14(20)27(18,10-21)17(25)19(3)11-5-7-12(26-4)8-6-11/h5-8,14-15,21H,9-10H2,1-4H3,(H,23,24)/t14-,15+/m1/s1. The van der Waals surface area contributed by atoms with Crippen molar-refractivity contribution in [2.45, 2.75) is 36.4 Å². The van der Waals surface area contributed by atoms with Gasteiger partial charge in [-0.25, -0.2) is 4.79 Å². The SMILES string of the molecule is COc1ccc(N(C)C(=O)S2(CO)[C@@H]3CC(=O)N3[C@@H](C(=O)O)C2(C)C)cc1. The summed E-state index contributed by atoms with van der Waals surface area (Å²) >= 11 is 0. The zero-order chi connectivity index (χ0) is 20.1. The number of aliphatic hydroxyl groups is 1. The predicted molar refractivity (Wildman–Crippen MR) is 102 cm³/mol. The number of carbonyl (C=O) groups is 3. The van der Waals surface area contributed by atoms with Crippen LogP contribution in [0.2, 0.25) is 0 Å². The lowest BCUT2D eigenvalue weighted by atomic mass is 9.98. The first-order valence-corrected chi connectivity index (χ1v) is 10.4. The fraction of sp³-hybridized carbons (Fsp3) is 0.500. The third kappa shape index (κ3) is 2.45. The highest BCUT2D eigenvalue weighted by molar-refractivity contribution is 8.46. The van der Waals surface area contributed by atoms with Gasteiger partial charge in [0.2, 0.25) is 5.91 Å². The van der Waals surface area contributed by atoms with E-state index in [1.54, 1.807) is 52.3 Å². The number of β-lactam (4-membered cyclic amide) rings is 1. The quantitative estimate of drug-likeness (QED) is 0.752. The Labute approximate surface area is 159 Å². The Bertz CT molecular complexity index is 796. The Hall–Kier alpha value is -2.26. The maximum absolute atomic E-state index is 13.6.